The lowest BCUT2D eigenvalue weighted by Crippen LogP contribution is -2.55. The fraction of sp³-hybridized carbons (Fsp3) is 0.480. The van der Waals surface area contributed by atoms with Gasteiger partial charge in [-0.25, -0.2) is 4.98 Å². The lowest BCUT2D eigenvalue weighted by molar-refractivity contribution is -0.138. The molecule has 0 atom stereocenters. The number of aromatic nitrogens is 2. The zero-order valence-corrected chi connectivity index (χ0v) is 21.2. The van der Waals surface area contributed by atoms with Gasteiger partial charge in [-0.05, 0) is 70.2 Å². The van der Waals surface area contributed by atoms with E-state index >= 15 is 0 Å². The van der Waals surface area contributed by atoms with E-state index in [1.54, 1.807) is 23.2 Å². The number of aliphatic imine (C=N–C) groups is 1. The molecule has 0 aromatic carbocycles. The molecule has 1 saturated carbocycles. The van der Waals surface area contributed by atoms with Gasteiger partial charge in [0.1, 0.15) is 11.6 Å². The Morgan fingerprint density at radius 2 is 1.89 bits per heavy atom. The van der Waals surface area contributed by atoms with Crippen LogP contribution in [0.1, 0.15) is 43.4 Å². The maximum Gasteiger partial charge on any atom is 0.418 e. The zero-order valence-electron chi connectivity index (χ0n) is 20.4. The molecule has 1 amide bonds. The molecule has 0 N–H and O–H groups in total. The zero-order chi connectivity index (χ0) is 26.4. The van der Waals surface area contributed by atoms with Crippen molar-refractivity contribution in [3.8, 4) is 5.88 Å². The molecule has 2 aromatic rings. The van der Waals surface area contributed by atoms with Crippen molar-refractivity contribution in [1.29, 1.82) is 0 Å². The van der Waals surface area contributed by atoms with E-state index in [1.807, 2.05) is 0 Å². The Balaban J connectivity index is 1.43. The van der Waals surface area contributed by atoms with Crippen molar-refractivity contribution in [3.63, 3.8) is 0 Å². The number of rotatable bonds is 6. The predicted octanol–water partition coefficient (Wildman–Crippen LogP) is 4.23. The quantitative estimate of drug-likeness (QED) is 0.407. The van der Waals surface area contributed by atoms with Gasteiger partial charge >= 0.3 is 6.18 Å². The average Bonchev–Trinajstić information content (AvgIpc) is 3.08. The van der Waals surface area contributed by atoms with Crippen molar-refractivity contribution in [1.82, 2.24) is 14.9 Å². The molecule has 2 aromatic heterocycles. The first-order valence-corrected chi connectivity index (χ1v) is 12.5. The lowest BCUT2D eigenvalue weighted by atomic mass is 9.75. The van der Waals surface area contributed by atoms with Gasteiger partial charge in [0.25, 0.3) is 5.91 Å². The highest BCUT2D eigenvalue weighted by Crippen LogP contribution is 2.48. The van der Waals surface area contributed by atoms with E-state index in [0.717, 1.165) is 43.3 Å². The molecule has 2 saturated heterocycles. The van der Waals surface area contributed by atoms with E-state index in [9.17, 15) is 18.0 Å². The number of anilines is 2. The number of likely N-dealkylation sites (tertiary alicyclic amines) is 1. The van der Waals surface area contributed by atoms with Gasteiger partial charge in [-0.3, -0.25) is 19.7 Å². The Labute approximate surface area is 218 Å². The van der Waals surface area contributed by atoms with Crippen LogP contribution in [0, 0.1) is 0 Å². The Morgan fingerprint density at radius 3 is 2.46 bits per heavy atom. The number of alkyl halides is 3. The number of pyridine rings is 2. The van der Waals surface area contributed by atoms with E-state index in [4.69, 9.17) is 17.0 Å². The second-order valence-electron chi connectivity index (χ2n) is 9.69. The normalized spacial score (nSPS) is 20.4. The van der Waals surface area contributed by atoms with Crippen molar-refractivity contribution < 1.29 is 22.7 Å². The molecule has 1 aliphatic carbocycles. The highest BCUT2D eigenvalue weighted by molar-refractivity contribution is 7.81. The third-order valence-electron chi connectivity index (χ3n) is 7.31. The standard InChI is InChI=1S/C25H27F3N6O2S/c1-29-15-20-19(25(26,27)28)12-17(14-30-20)33-22(35)24(8-3-9-24)34(23(33)37)16-4-5-21(31-13-16)36-18-6-10-32(2)11-7-18/h4-5,12-14,18H,1,3,6-11,15H2,2H3. The first-order chi connectivity index (χ1) is 17.6. The summed E-state index contributed by atoms with van der Waals surface area (Å²) < 4.78 is 47.3. The van der Waals surface area contributed by atoms with E-state index in [2.05, 4.69) is 33.6 Å². The largest absolute Gasteiger partial charge is 0.474 e. The SMILES string of the molecule is C=NCc1ncc(N2C(=O)C3(CCC3)N(c3ccc(OC4CCN(C)CC4)nc3)C2=S)cc1C(F)(F)F. The highest BCUT2D eigenvalue weighted by atomic mass is 32.1. The summed E-state index contributed by atoms with van der Waals surface area (Å²) in [5.74, 6) is 0.125. The predicted molar refractivity (Wildman–Crippen MR) is 137 cm³/mol. The minimum absolute atomic E-state index is 0.0286. The number of amides is 1. The van der Waals surface area contributed by atoms with Crippen molar-refractivity contribution >= 4 is 41.3 Å². The monoisotopic (exact) mass is 532 g/mol. The summed E-state index contributed by atoms with van der Waals surface area (Å²) in [6, 6.07) is 4.44. The molecule has 196 valence electrons. The molecule has 5 rings (SSSR count). The summed E-state index contributed by atoms with van der Waals surface area (Å²) in [5, 5.41) is 0.0972. The number of carbonyl (C=O) groups excluding carboxylic acids is 1. The van der Waals surface area contributed by atoms with Crippen LogP contribution in [0.2, 0.25) is 0 Å². The van der Waals surface area contributed by atoms with Crippen LogP contribution in [-0.2, 0) is 17.5 Å². The maximum absolute atomic E-state index is 13.8. The van der Waals surface area contributed by atoms with Crippen LogP contribution in [0.5, 0.6) is 5.88 Å². The Kier molecular flexibility index (Phi) is 6.65. The molecule has 8 nitrogen and oxygen atoms in total. The van der Waals surface area contributed by atoms with Gasteiger partial charge in [0, 0.05) is 19.2 Å². The number of hydrogen-bond acceptors (Lipinski definition) is 7. The number of piperidine rings is 1. The van der Waals surface area contributed by atoms with Crippen LogP contribution >= 0.6 is 12.2 Å². The van der Waals surface area contributed by atoms with Gasteiger partial charge in [0.15, 0.2) is 5.11 Å². The molecule has 2 aliphatic heterocycles. The highest BCUT2D eigenvalue weighted by Gasteiger charge is 2.59. The molecule has 3 fully saturated rings. The first-order valence-electron chi connectivity index (χ1n) is 12.1. The lowest BCUT2D eigenvalue weighted by Gasteiger charge is -2.42. The smallest absolute Gasteiger partial charge is 0.418 e. The van der Waals surface area contributed by atoms with Gasteiger partial charge in [0.05, 0.1) is 41.6 Å². The van der Waals surface area contributed by atoms with Gasteiger partial charge in [-0.15, -0.1) is 0 Å². The van der Waals surface area contributed by atoms with Crippen molar-refractivity contribution in [2.24, 2.45) is 4.99 Å². The Morgan fingerprint density at radius 1 is 1.19 bits per heavy atom. The van der Waals surface area contributed by atoms with E-state index in [1.165, 1.54) is 6.20 Å². The van der Waals surface area contributed by atoms with Gasteiger partial charge < -0.3 is 14.5 Å². The first kappa shape index (κ1) is 25.5. The second kappa shape index (κ2) is 9.64. The summed E-state index contributed by atoms with van der Waals surface area (Å²) in [7, 11) is 2.08. The number of halogens is 3. The molecule has 12 heteroatoms. The van der Waals surface area contributed by atoms with Crippen LogP contribution in [-0.4, -0.2) is 64.4 Å². The minimum Gasteiger partial charge on any atom is -0.474 e. The van der Waals surface area contributed by atoms with Crippen LogP contribution in [0.15, 0.2) is 35.6 Å². The Bertz CT molecular complexity index is 1210. The molecular weight excluding hydrogens is 505 g/mol. The van der Waals surface area contributed by atoms with E-state index < -0.39 is 17.3 Å². The van der Waals surface area contributed by atoms with Gasteiger partial charge in [-0.2, -0.15) is 13.2 Å². The van der Waals surface area contributed by atoms with Gasteiger partial charge in [0.2, 0.25) is 5.88 Å². The van der Waals surface area contributed by atoms with Crippen LogP contribution in [0.4, 0.5) is 24.5 Å². The third-order valence-corrected chi connectivity index (χ3v) is 7.67. The van der Waals surface area contributed by atoms with Crippen molar-refractivity contribution in [3.05, 3.63) is 41.9 Å². The van der Waals surface area contributed by atoms with Crippen LogP contribution in [0.3, 0.4) is 0 Å². The molecule has 0 bridgehead atoms. The topological polar surface area (TPSA) is 74.2 Å². The molecule has 1 spiro atoms. The number of thiocarbonyl (C=S) groups is 1. The summed E-state index contributed by atoms with van der Waals surface area (Å²) >= 11 is 5.68. The molecule has 37 heavy (non-hydrogen) atoms. The van der Waals surface area contributed by atoms with Crippen LogP contribution in [0.25, 0.3) is 0 Å². The average molecular weight is 533 g/mol. The van der Waals surface area contributed by atoms with E-state index in [-0.39, 0.29) is 35.0 Å². The summed E-state index contributed by atoms with van der Waals surface area (Å²) in [5.41, 5.74) is -1.61. The van der Waals surface area contributed by atoms with Gasteiger partial charge in [-0.1, -0.05) is 0 Å². The molecular formula is C25H27F3N6O2S. The number of hydrogen-bond donors (Lipinski definition) is 0. The van der Waals surface area contributed by atoms with Crippen molar-refractivity contribution in [2.45, 2.75) is 56.5 Å². The Hall–Kier alpha value is -3.12. The van der Waals surface area contributed by atoms with Crippen LogP contribution < -0.4 is 14.5 Å². The molecule has 0 unspecified atom stereocenters. The van der Waals surface area contributed by atoms with E-state index in [0.29, 0.717) is 24.4 Å². The second-order valence-corrected chi connectivity index (χ2v) is 10.1. The summed E-state index contributed by atoms with van der Waals surface area (Å²) in [4.78, 5) is 30.7. The maximum atomic E-state index is 13.8. The minimum atomic E-state index is -4.67. The molecule has 3 aliphatic rings. The number of nitrogens with zero attached hydrogens (tertiary/aromatic N) is 6. The molecule has 4 heterocycles. The summed E-state index contributed by atoms with van der Waals surface area (Å²) in [6.45, 7) is 4.89. The fourth-order valence-electron chi connectivity index (χ4n) is 5.14. The summed E-state index contributed by atoms with van der Waals surface area (Å²) in [6.07, 6.45) is 1.96. The molecule has 0 radical (unpaired) electrons. The van der Waals surface area contributed by atoms with Crippen molar-refractivity contribution in [2.75, 3.05) is 29.9 Å². The number of ether oxygens (including phenoxy) is 1. The third kappa shape index (κ3) is 4.56. The fourth-order valence-corrected chi connectivity index (χ4v) is 5.61. The number of carbonyl (C=O) groups is 1.